The van der Waals surface area contributed by atoms with Crippen LogP contribution in [0.1, 0.15) is 50.2 Å². The smallest absolute Gasteiger partial charge is 0.100 e. The zero-order valence-electron chi connectivity index (χ0n) is 10.1. The molecule has 1 aromatic rings. The first-order valence-corrected chi connectivity index (χ1v) is 6.75. The molecule has 1 rings (SSSR count). The molecule has 0 heterocycles. The third kappa shape index (κ3) is 5.07. The van der Waals surface area contributed by atoms with Gasteiger partial charge in [0.15, 0.2) is 0 Å². The molecule has 0 unspecified atom stereocenters. The summed E-state index contributed by atoms with van der Waals surface area (Å²) < 4.78 is 0.965. The first kappa shape index (κ1) is 13.8. The van der Waals surface area contributed by atoms with E-state index < -0.39 is 0 Å². The minimum Gasteiger partial charge on any atom is -0.192 e. The van der Waals surface area contributed by atoms with Gasteiger partial charge >= 0.3 is 0 Å². The average molecular weight is 290 g/mol. The van der Waals surface area contributed by atoms with Gasteiger partial charge in [-0.15, -0.1) is 0 Å². The van der Waals surface area contributed by atoms with E-state index in [1.165, 1.54) is 19.3 Å². The highest BCUT2D eigenvalue weighted by molar-refractivity contribution is 9.10. The summed E-state index contributed by atoms with van der Waals surface area (Å²) in [5.41, 5.74) is 1.46. The summed E-state index contributed by atoms with van der Waals surface area (Å²) in [4.78, 5) is 0. The molecule has 0 bridgehead atoms. The van der Waals surface area contributed by atoms with Crippen molar-refractivity contribution in [1.82, 2.24) is 0 Å². The second-order valence-electron chi connectivity index (χ2n) is 3.91. The van der Waals surface area contributed by atoms with E-state index in [0.29, 0.717) is 5.56 Å². The molecule has 0 N–H and O–H groups in total. The lowest BCUT2D eigenvalue weighted by atomic mass is 10.1. The Bertz CT molecular complexity index is 460. The number of hydrogen-bond acceptors (Lipinski definition) is 1. The molecule has 1 nitrogen and oxygen atoms in total. The lowest BCUT2D eigenvalue weighted by Gasteiger charge is -1.96. The van der Waals surface area contributed by atoms with Gasteiger partial charge in [-0.1, -0.05) is 54.0 Å². The monoisotopic (exact) mass is 289 g/mol. The lowest BCUT2D eigenvalue weighted by molar-refractivity contribution is 0.679. The predicted molar refractivity (Wildman–Crippen MR) is 74.5 cm³/mol. The predicted octanol–water partition coefficient (Wildman–Crippen LogP) is 4.64. The van der Waals surface area contributed by atoms with Crippen LogP contribution < -0.4 is 0 Å². The van der Waals surface area contributed by atoms with Gasteiger partial charge in [0.2, 0.25) is 0 Å². The molecule has 0 fully saturated rings. The Balaban J connectivity index is 2.59. The fourth-order valence-corrected chi connectivity index (χ4v) is 1.88. The van der Waals surface area contributed by atoms with Gasteiger partial charge in [-0.3, -0.25) is 0 Å². The van der Waals surface area contributed by atoms with E-state index in [2.05, 4.69) is 40.8 Å². The van der Waals surface area contributed by atoms with E-state index in [-0.39, 0.29) is 0 Å². The second-order valence-corrected chi connectivity index (χ2v) is 4.83. The highest BCUT2D eigenvalue weighted by Crippen LogP contribution is 2.15. The van der Waals surface area contributed by atoms with Crippen molar-refractivity contribution in [3.63, 3.8) is 0 Å². The Morgan fingerprint density at radius 1 is 1.18 bits per heavy atom. The average Bonchev–Trinajstić information content (AvgIpc) is 2.34. The van der Waals surface area contributed by atoms with Crippen molar-refractivity contribution in [2.24, 2.45) is 0 Å². The SMILES string of the molecule is CCCCCCC#Cc1cc(Br)ccc1C#N. The van der Waals surface area contributed by atoms with Crippen LogP contribution in [0, 0.1) is 23.2 Å². The van der Waals surface area contributed by atoms with Gasteiger partial charge in [0.25, 0.3) is 0 Å². The number of hydrogen-bond donors (Lipinski definition) is 0. The van der Waals surface area contributed by atoms with E-state index in [1.807, 2.05) is 12.1 Å². The molecule has 0 radical (unpaired) electrons. The van der Waals surface area contributed by atoms with Gasteiger partial charge in [-0.05, 0) is 24.6 Å². The van der Waals surface area contributed by atoms with Crippen molar-refractivity contribution < 1.29 is 0 Å². The Hall–Kier alpha value is -1.25. The molecule has 0 amide bonds. The van der Waals surface area contributed by atoms with Crippen LogP contribution in [-0.4, -0.2) is 0 Å². The Morgan fingerprint density at radius 2 is 2.00 bits per heavy atom. The summed E-state index contributed by atoms with van der Waals surface area (Å²) in [6, 6.07) is 7.72. The van der Waals surface area contributed by atoms with Gasteiger partial charge in [0.1, 0.15) is 6.07 Å². The zero-order chi connectivity index (χ0) is 12.5. The van der Waals surface area contributed by atoms with Gasteiger partial charge in [0.05, 0.1) is 5.56 Å². The molecule has 0 saturated carbocycles. The van der Waals surface area contributed by atoms with Gasteiger partial charge in [-0.2, -0.15) is 5.26 Å². The van der Waals surface area contributed by atoms with E-state index in [9.17, 15) is 0 Å². The van der Waals surface area contributed by atoms with E-state index >= 15 is 0 Å². The first-order valence-electron chi connectivity index (χ1n) is 5.96. The summed E-state index contributed by atoms with van der Waals surface area (Å²) in [6.45, 7) is 2.20. The summed E-state index contributed by atoms with van der Waals surface area (Å²) in [7, 11) is 0. The van der Waals surface area contributed by atoms with Crippen molar-refractivity contribution in [2.75, 3.05) is 0 Å². The number of rotatable bonds is 4. The Morgan fingerprint density at radius 3 is 2.71 bits per heavy atom. The van der Waals surface area contributed by atoms with Crippen LogP contribution in [0.3, 0.4) is 0 Å². The molecule has 0 atom stereocenters. The third-order valence-corrected chi connectivity index (χ3v) is 2.97. The van der Waals surface area contributed by atoms with Crippen LogP contribution in [0.25, 0.3) is 0 Å². The van der Waals surface area contributed by atoms with E-state index in [4.69, 9.17) is 5.26 Å². The normalized spacial score (nSPS) is 9.24. The van der Waals surface area contributed by atoms with Crippen molar-refractivity contribution in [2.45, 2.75) is 39.0 Å². The minimum atomic E-state index is 0.647. The highest BCUT2D eigenvalue weighted by Gasteiger charge is 1.98. The molecule has 0 aliphatic rings. The van der Waals surface area contributed by atoms with Crippen molar-refractivity contribution >= 4 is 15.9 Å². The standard InChI is InChI=1S/C15H16BrN/c1-2-3-4-5-6-7-8-13-11-15(16)10-9-14(13)12-17/h9-11H,2-6H2,1H3. The first-order chi connectivity index (χ1) is 8.27. The molecule has 0 aromatic heterocycles. The lowest BCUT2D eigenvalue weighted by Crippen LogP contribution is -1.83. The molecule has 88 valence electrons. The Labute approximate surface area is 112 Å². The topological polar surface area (TPSA) is 23.8 Å². The van der Waals surface area contributed by atoms with Crippen LogP contribution in [0.15, 0.2) is 22.7 Å². The number of halogens is 1. The molecule has 0 saturated heterocycles. The molecular formula is C15H16BrN. The van der Waals surface area contributed by atoms with Crippen LogP contribution in [0.2, 0.25) is 0 Å². The summed E-state index contributed by atoms with van der Waals surface area (Å²) in [5.74, 6) is 6.22. The molecule has 17 heavy (non-hydrogen) atoms. The maximum Gasteiger partial charge on any atom is 0.100 e. The van der Waals surface area contributed by atoms with Crippen LogP contribution >= 0.6 is 15.9 Å². The van der Waals surface area contributed by atoms with Gasteiger partial charge in [-0.25, -0.2) is 0 Å². The summed E-state index contributed by atoms with van der Waals surface area (Å²) in [6.07, 6.45) is 5.84. The van der Waals surface area contributed by atoms with Crippen molar-refractivity contribution in [3.8, 4) is 17.9 Å². The van der Waals surface area contributed by atoms with Crippen LogP contribution in [0.5, 0.6) is 0 Å². The van der Waals surface area contributed by atoms with Gasteiger partial charge in [0, 0.05) is 16.5 Å². The number of nitriles is 1. The quantitative estimate of drug-likeness (QED) is 0.585. The number of unbranched alkanes of at least 4 members (excludes halogenated alkanes) is 4. The largest absolute Gasteiger partial charge is 0.192 e. The third-order valence-electron chi connectivity index (χ3n) is 2.48. The van der Waals surface area contributed by atoms with E-state index in [0.717, 1.165) is 22.9 Å². The van der Waals surface area contributed by atoms with E-state index in [1.54, 1.807) is 6.07 Å². The van der Waals surface area contributed by atoms with Crippen molar-refractivity contribution in [1.29, 1.82) is 5.26 Å². The number of nitrogens with zero attached hydrogens (tertiary/aromatic N) is 1. The summed E-state index contributed by atoms with van der Waals surface area (Å²) >= 11 is 3.39. The fourth-order valence-electron chi connectivity index (χ4n) is 1.52. The molecule has 2 heteroatoms. The van der Waals surface area contributed by atoms with Crippen LogP contribution in [-0.2, 0) is 0 Å². The highest BCUT2D eigenvalue weighted by atomic mass is 79.9. The fraction of sp³-hybridized carbons (Fsp3) is 0.400. The summed E-state index contributed by atoms with van der Waals surface area (Å²) in [5, 5.41) is 8.95. The number of benzene rings is 1. The maximum absolute atomic E-state index is 8.95. The minimum absolute atomic E-state index is 0.647. The molecule has 0 spiro atoms. The maximum atomic E-state index is 8.95. The zero-order valence-corrected chi connectivity index (χ0v) is 11.7. The van der Waals surface area contributed by atoms with Gasteiger partial charge < -0.3 is 0 Å². The molecule has 0 aliphatic carbocycles. The molecule has 0 aliphatic heterocycles. The molecule has 1 aromatic carbocycles. The Kier molecular flexibility index (Phi) is 6.45. The van der Waals surface area contributed by atoms with Crippen LogP contribution in [0.4, 0.5) is 0 Å². The van der Waals surface area contributed by atoms with Crippen molar-refractivity contribution in [3.05, 3.63) is 33.8 Å². The molecular weight excluding hydrogens is 274 g/mol. The second kappa shape index (κ2) is 7.93.